The van der Waals surface area contributed by atoms with E-state index in [-0.39, 0.29) is 25.9 Å². The van der Waals surface area contributed by atoms with Gasteiger partial charge in [-0.05, 0) is 51.4 Å². The first-order chi connectivity index (χ1) is 29.6. The lowest BCUT2D eigenvalue weighted by Crippen LogP contribution is -2.61. The Balaban J connectivity index is 2.77. The molecule has 1 aliphatic rings. The number of hydrogen-bond donors (Lipinski definition) is 3. The van der Waals surface area contributed by atoms with Crippen LogP contribution in [0, 0.1) is 0 Å². The van der Waals surface area contributed by atoms with Crippen molar-refractivity contribution < 1.29 is 58.2 Å². The zero-order valence-corrected chi connectivity index (χ0v) is 38.2. The molecule has 0 aliphatic carbocycles. The van der Waals surface area contributed by atoms with Gasteiger partial charge < -0.3 is 39.0 Å². The minimum absolute atomic E-state index is 0.0605. The summed E-state index contributed by atoms with van der Waals surface area (Å²) in [7, 11) is 0. The third kappa shape index (κ3) is 29.8. The van der Waals surface area contributed by atoms with Crippen LogP contribution in [0.5, 0.6) is 0 Å². The summed E-state index contributed by atoms with van der Waals surface area (Å²) in [4.78, 5) is 50.5. The molecule has 0 radical (unpaired) electrons. The SMILES string of the molecule is CC/C=C\C/C=C\C/C=C\CCCCCC(=O)OCC(COC1OC(C(=O)O)C(O)C(O)C1OC(=O)CCCCCCCCCCC)OC(=O)CCCCCCCCCCC. The van der Waals surface area contributed by atoms with Crippen LogP contribution < -0.4 is 0 Å². The largest absolute Gasteiger partial charge is 0.479 e. The third-order valence-electron chi connectivity index (χ3n) is 10.7. The van der Waals surface area contributed by atoms with Crippen LogP contribution in [0.2, 0.25) is 0 Å². The van der Waals surface area contributed by atoms with Crippen molar-refractivity contribution in [2.24, 2.45) is 0 Å². The van der Waals surface area contributed by atoms with Crippen LogP contribution in [-0.2, 0) is 42.9 Å². The van der Waals surface area contributed by atoms with Crippen molar-refractivity contribution in [1.82, 2.24) is 0 Å². The standard InChI is InChI=1S/C49H84O12/c1-4-7-10-13-16-19-20-21-22-25-26-29-32-35-41(50)57-38-40(59-42(51)36-33-30-27-23-17-14-11-8-5-2)39-58-49-47(45(54)44(53)46(61-49)48(55)56)60-43(52)37-34-31-28-24-18-15-12-9-6-3/h7,10,16,19,21-22,40,44-47,49,53-54H,4-6,8-9,11-15,17-18,20,23-39H2,1-3H3,(H,55,56)/b10-7-,19-16-,22-21-. The Bertz CT molecular complexity index is 1220. The molecule has 1 heterocycles. The number of unbranched alkanes of at least 4 members (excludes halogenated alkanes) is 19. The molecule has 1 rings (SSSR count). The fourth-order valence-electron chi connectivity index (χ4n) is 7.03. The summed E-state index contributed by atoms with van der Waals surface area (Å²) in [5.74, 6) is -3.16. The summed E-state index contributed by atoms with van der Waals surface area (Å²) in [5, 5.41) is 31.1. The molecule has 0 saturated carbocycles. The summed E-state index contributed by atoms with van der Waals surface area (Å²) in [6, 6.07) is 0. The molecule has 1 saturated heterocycles. The fraction of sp³-hybridized carbons (Fsp3) is 0.796. The third-order valence-corrected chi connectivity index (χ3v) is 10.7. The second kappa shape index (κ2) is 38.6. The van der Waals surface area contributed by atoms with Crippen molar-refractivity contribution in [3.63, 3.8) is 0 Å². The lowest BCUT2D eigenvalue weighted by molar-refractivity contribution is -0.301. The van der Waals surface area contributed by atoms with E-state index < -0.39 is 67.3 Å². The second-order valence-electron chi connectivity index (χ2n) is 16.4. The molecular weight excluding hydrogens is 781 g/mol. The Hall–Kier alpha value is -3.06. The van der Waals surface area contributed by atoms with Gasteiger partial charge in [0.05, 0.1) is 6.61 Å². The molecule has 1 aliphatic heterocycles. The molecule has 0 aromatic rings. The fourth-order valence-corrected chi connectivity index (χ4v) is 7.03. The van der Waals surface area contributed by atoms with E-state index in [0.717, 1.165) is 83.5 Å². The minimum Gasteiger partial charge on any atom is -0.479 e. The first kappa shape index (κ1) is 56.0. The normalized spacial score (nSPS) is 19.8. The maximum Gasteiger partial charge on any atom is 0.335 e. The molecule has 6 atom stereocenters. The van der Waals surface area contributed by atoms with E-state index in [1.807, 2.05) is 0 Å². The van der Waals surface area contributed by atoms with E-state index in [1.54, 1.807) is 0 Å². The van der Waals surface area contributed by atoms with Crippen LogP contribution in [-0.4, -0.2) is 89.2 Å². The summed E-state index contributed by atoms with van der Waals surface area (Å²) in [5.41, 5.74) is 0. The number of aliphatic hydroxyl groups excluding tert-OH is 2. The van der Waals surface area contributed by atoms with Gasteiger partial charge in [0.2, 0.25) is 0 Å². The van der Waals surface area contributed by atoms with Gasteiger partial charge >= 0.3 is 23.9 Å². The highest BCUT2D eigenvalue weighted by atomic mass is 16.7. The van der Waals surface area contributed by atoms with Crippen LogP contribution in [0.25, 0.3) is 0 Å². The molecule has 3 N–H and O–H groups in total. The van der Waals surface area contributed by atoms with Crippen molar-refractivity contribution in [1.29, 1.82) is 0 Å². The molecule has 0 aromatic heterocycles. The van der Waals surface area contributed by atoms with Crippen LogP contribution in [0.3, 0.4) is 0 Å². The van der Waals surface area contributed by atoms with Crippen LogP contribution in [0.4, 0.5) is 0 Å². The Kier molecular flexibility index (Phi) is 35.4. The van der Waals surface area contributed by atoms with Gasteiger partial charge in [0.1, 0.15) is 18.8 Å². The summed E-state index contributed by atoms with van der Waals surface area (Å²) in [6.45, 7) is 5.75. The maximum atomic E-state index is 13.0. The van der Waals surface area contributed by atoms with Gasteiger partial charge in [0.15, 0.2) is 24.6 Å². The van der Waals surface area contributed by atoms with E-state index in [1.165, 1.54) is 57.8 Å². The molecule has 12 nitrogen and oxygen atoms in total. The van der Waals surface area contributed by atoms with Crippen LogP contribution in [0.1, 0.15) is 201 Å². The summed E-state index contributed by atoms with van der Waals surface area (Å²) < 4.78 is 28.1. The Morgan fingerprint density at radius 2 is 1.03 bits per heavy atom. The zero-order valence-electron chi connectivity index (χ0n) is 38.2. The molecule has 61 heavy (non-hydrogen) atoms. The number of aliphatic hydroxyl groups is 2. The van der Waals surface area contributed by atoms with E-state index in [4.69, 9.17) is 23.7 Å². The molecule has 0 bridgehead atoms. The number of carbonyl (C=O) groups excluding carboxylic acids is 3. The number of carboxylic acids is 1. The highest BCUT2D eigenvalue weighted by Gasteiger charge is 2.50. The highest BCUT2D eigenvalue weighted by molar-refractivity contribution is 5.74. The number of carbonyl (C=O) groups is 4. The molecule has 0 aromatic carbocycles. The van der Waals surface area contributed by atoms with Gasteiger partial charge in [-0.1, -0.05) is 166 Å². The quantitative estimate of drug-likeness (QED) is 0.0231. The van der Waals surface area contributed by atoms with Crippen LogP contribution in [0.15, 0.2) is 36.5 Å². The Morgan fingerprint density at radius 3 is 1.57 bits per heavy atom. The number of rotatable bonds is 39. The second-order valence-corrected chi connectivity index (χ2v) is 16.4. The predicted octanol–water partition coefficient (Wildman–Crippen LogP) is 10.6. The molecule has 6 unspecified atom stereocenters. The number of esters is 3. The van der Waals surface area contributed by atoms with Crippen molar-refractivity contribution in [2.75, 3.05) is 13.2 Å². The number of ether oxygens (including phenoxy) is 5. The first-order valence-electron chi connectivity index (χ1n) is 24.0. The van der Waals surface area contributed by atoms with Crippen molar-refractivity contribution in [3.8, 4) is 0 Å². The van der Waals surface area contributed by atoms with Gasteiger partial charge in [0.25, 0.3) is 0 Å². The average molecular weight is 865 g/mol. The highest BCUT2D eigenvalue weighted by Crippen LogP contribution is 2.26. The molecule has 1 fully saturated rings. The number of aliphatic carboxylic acids is 1. The number of allylic oxidation sites excluding steroid dienone is 6. The monoisotopic (exact) mass is 865 g/mol. The van der Waals surface area contributed by atoms with Gasteiger partial charge in [-0.3, -0.25) is 14.4 Å². The number of carboxylic acid groups (broad SMARTS) is 1. The topological polar surface area (TPSA) is 175 Å². The molecule has 0 amide bonds. The summed E-state index contributed by atoms with van der Waals surface area (Å²) >= 11 is 0. The Morgan fingerprint density at radius 1 is 0.557 bits per heavy atom. The van der Waals surface area contributed by atoms with Crippen molar-refractivity contribution in [2.45, 2.75) is 237 Å². The lowest BCUT2D eigenvalue weighted by atomic mass is 9.98. The molecule has 12 heteroatoms. The van der Waals surface area contributed by atoms with Crippen LogP contribution >= 0.6 is 0 Å². The van der Waals surface area contributed by atoms with Crippen molar-refractivity contribution >= 4 is 23.9 Å². The molecule has 352 valence electrons. The minimum atomic E-state index is -1.90. The lowest BCUT2D eigenvalue weighted by Gasteiger charge is -2.40. The zero-order chi connectivity index (χ0) is 44.8. The van der Waals surface area contributed by atoms with Gasteiger partial charge in [-0.2, -0.15) is 0 Å². The molecule has 0 spiro atoms. The van der Waals surface area contributed by atoms with Gasteiger partial charge in [-0.15, -0.1) is 0 Å². The van der Waals surface area contributed by atoms with E-state index in [2.05, 4.69) is 57.2 Å². The van der Waals surface area contributed by atoms with Gasteiger partial charge in [0, 0.05) is 19.3 Å². The number of hydrogen-bond acceptors (Lipinski definition) is 11. The van der Waals surface area contributed by atoms with E-state index in [9.17, 15) is 34.5 Å². The average Bonchev–Trinajstić information content (AvgIpc) is 3.24. The van der Waals surface area contributed by atoms with E-state index >= 15 is 0 Å². The Labute approximate surface area is 368 Å². The van der Waals surface area contributed by atoms with Crippen molar-refractivity contribution in [3.05, 3.63) is 36.5 Å². The predicted molar refractivity (Wildman–Crippen MR) is 239 cm³/mol. The smallest absolute Gasteiger partial charge is 0.335 e. The van der Waals surface area contributed by atoms with Gasteiger partial charge in [-0.25, -0.2) is 4.79 Å². The molecular formula is C49H84O12. The first-order valence-corrected chi connectivity index (χ1v) is 24.0. The maximum absolute atomic E-state index is 13.0. The van der Waals surface area contributed by atoms with E-state index in [0.29, 0.717) is 19.3 Å². The summed E-state index contributed by atoms with van der Waals surface area (Å²) in [6.07, 6.45) is 28.9.